The van der Waals surface area contributed by atoms with Crippen LogP contribution >= 0.6 is 11.6 Å². The lowest BCUT2D eigenvalue weighted by atomic mass is 10.2. The average Bonchev–Trinajstić information content (AvgIpc) is 3.30. The normalized spacial score (nSPS) is 11.1. The van der Waals surface area contributed by atoms with Crippen LogP contribution in [0.15, 0.2) is 70.2 Å². The number of esters is 1. The van der Waals surface area contributed by atoms with E-state index in [1.165, 1.54) is 37.6 Å². The largest absolute Gasteiger partial charge is 0.467 e. The highest BCUT2D eigenvalue weighted by Crippen LogP contribution is 2.26. The lowest BCUT2D eigenvalue weighted by Crippen LogP contribution is -2.28. The first-order valence-corrected chi connectivity index (χ1v) is 11.0. The van der Waals surface area contributed by atoms with Crippen molar-refractivity contribution in [3.8, 4) is 0 Å². The molecule has 0 atom stereocenters. The van der Waals surface area contributed by atoms with Crippen LogP contribution in [0.4, 0.5) is 10.1 Å². The van der Waals surface area contributed by atoms with Gasteiger partial charge in [-0.05, 0) is 54.6 Å². The first kappa shape index (κ1) is 23.3. The van der Waals surface area contributed by atoms with E-state index >= 15 is 0 Å². The minimum absolute atomic E-state index is 0.0469. The number of ether oxygens (including phenoxy) is 1. The Kier molecular flexibility index (Phi) is 7.16. The fourth-order valence-corrected chi connectivity index (χ4v) is 4.04. The first-order chi connectivity index (χ1) is 15.2. The number of nitrogens with one attached hydrogen (secondary N) is 1. The Balaban J connectivity index is 1.70. The number of amides is 1. The molecule has 1 N–H and O–H groups in total. The molecule has 0 spiro atoms. The van der Waals surface area contributed by atoms with Gasteiger partial charge in [-0.15, -0.1) is 0 Å². The van der Waals surface area contributed by atoms with Crippen molar-refractivity contribution in [3.05, 3.63) is 83.0 Å². The Morgan fingerprint density at radius 2 is 1.88 bits per heavy atom. The van der Waals surface area contributed by atoms with Crippen LogP contribution in [0.25, 0.3) is 0 Å². The van der Waals surface area contributed by atoms with Crippen LogP contribution in [0, 0.1) is 5.82 Å². The van der Waals surface area contributed by atoms with E-state index in [0.29, 0.717) is 5.76 Å². The predicted molar refractivity (Wildman–Crippen MR) is 114 cm³/mol. The second-order valence-corrected chi connectivity index (χ2v) is 8.90. The van der Waals surface area contributed by atoms with Gasteiger partial charge in [0.1, 0.15) is 11.6 Å². The summed E-state index contributed by atoms with van der Waals surface area (Å²) in [6, 6.07) is 11.7. The van der Waals surface area contributed by atoms with Crippen molar-refractivity contribution in [3.63, 3.8) is 0 Å². The fourth-order valence-electron chi connectivity index (χ4n) is 2.63. The number of anilines is 1. The smallest absolute Gasteiger partial charge is 0.340 e. The Hall–Kier alpha value is -3.37. The van der Waals surface area contributed by atoms with Crippen LogP contribution in [-0.2, 0) is 26.1 Å². The predicted octanol–water partition coefficient (Wildman–Crippen LogP) is 3.37. The molecule has 0 aliphatic rings. The lowest BCUT2D eigenvalue weighted by molar-refractivity contribution is -0.124. The number of benzene rings is 2. The number of rotatable bonds is 8. The fraction of sp³-hybridized carbons (Fsp3) is 0.143. The van der Waals surface area contributed by atoms with Gasteiger partial charge in [0.2, 0.25) is 0 Å². The minimum atomic E-state index is -4.09. The highest BCUT2D eigenvalue weighted by molar-refractivity contribution is 7.92. The van der Waals surface area contributed by atoms with Crippen LogP contribution in [0.3, 0.4) is 0 Å². The maximum absolute atomic E-state index is 13.1. The summed E-state index contributed by atoms with van der Waals surface area (Å²) in [5.41, 5.74) is -0.00205. The molecule has 0 saturated carbocycles. The zero-order valence-corrected chi connectivity index (χ0v) is 18.3. The second kappa shape index (κ2) is 9.84. The van der Waals surface area contributed by atoms with Crippen LogP contribution in [0.5, 0.6) is 0 Å². The van der Waals surface area contributed by atoms with Crippen LogP contribution < -0.4 is 9.62 Å². The first-order valence-electron chi connectivity index (χ1n) is 9.19. The molecule has 11 heteroatoms. The van der Waals surface area contributed by atoms with Crippen molar-refractivity contribution in [1.82, 2.24) is 5.32 Å². The van der Waals surface area contributed by atoms with Crippen molar-refractivity contribution in [2.45, 2.75) is 11.4 Å². The Morgan fingerprint density at radius 1 is 1.16 bits per heavy atom. The minimum Gasteiger partial charge on any atom is -0.467 e. The zero-order valence-electron chi connectivity index (χ0n) is 16.7. The highest BCUT2D eigenvalue weighted by atomic mass is 35.5. The molecular formula is C21H18ClFN2O6S. The van der Waals surface area contributed by atoms with Gasteiger partial charge in [0, 0.05) is 7.05 Å². The van der Waals surface area contributed by atoms with Crippen LogP contribution in [-0.4, -0.2) is 33.9 Å². The van der Waals surface area contributed by atoms with E-state index in [2.05, 4.69) is 5.32 Å². The molecule has 32 heavy (non-hydrogen) atoms. The van der Waals surface area contributed by atoms with Gasteiger partial charge < -0.3 is 14.5 Å². The molecule has 0 saturated heterocycles. The van der Waals surface area contributed by atoms with Crippen molar-refractivity contribution in [2.24, 2.45) is 0 Å². The van der Waals surface area contributed by atoms with E-state index in [9.17, 15) is 22.4 Å². The van der Waals surface area contributed by atoms with Gasteiger partial charge in [0.05, 0.1) is 34.0 Å². The van der Waals surface area contributed by atoms with Gasteiger partial charge in [-0.1, -0.05) is 11.6 Å². The van der Waals surface area contributed by atoms with E-state index in [1.54, 1.807) is 12.1 Å². The van der Waals surface area contributed by atoms with Gasteiger partial charge in [0.15, 0.2) is 6.61 Å². The van der Waals surface area contributed by atoms with Crippen molar-refractivity contribution in [1.29, 1.82) is 0 Å². The quantitative estimate of drug-likeness (QED) is 0.495. The molecule has 2 aromatic carbocycles. The monoisotopic (exact) mass is 480 g/mol. The van der Waals surface area contributed by atoms with E-state index in [-0.39, 0.29) is 27.7 Å². The molecule has 0 bridgehead atoms. The molecule has 1 heterocycles. The van der Waals surface area contributed by atoms with Crippen LogP contribution in [0.1, 0.15) is 16.1 Å². The Morgan fingerprint density at radius 3 is 2.53 bits per heavy atom. The Bertz CT molecular complexity index is 1210. The highest BCUT2D eigenvalue weighted by Gasteiger charge is 2.24. The molecule has 8 nitrogen and oxygen atoms in total. The zero-order chi connectivity index (χ0) is 23.3. The molecule has 3 rings (SSSR count). The summed E-state index contributed by atoms with van der Waals surface area (Å²) < 4.78 is 50.0. The molecule has 0 aliphatic heterocycles. The molecule has 1 amide bonds. The number of sulfonamides is 1. The summed E-state index contributed by atoms with van der Waals surface area (Å²) in [5.74, 6) is -1.53. The number of halogens is 2. The lowest BCUT2D eigenvalue weighted by Gasteiger charge is -2.20. The third-order valence-electron chi connectivity index (χ3n) is 4.38. The summed E-state index contributed by atoms with van der Waals surface area (Å²) >= 11 is 6.04. The second-order valence-electron chi connectivity index (χ2n) is 6.52. The number of hydrogen-bond donors (Lipinski definition) is 1. The molecule has 3 aromatic rings. The number of hydrogen-bond acceptors (Lipinski definition) is 6. The third-order valence-corrected chi connectivity index (χ3v) is 6.49. The van der Waals surface area contributed by atoms with Crippen molar-refractivity contribution < 1.29 is 31.6 Å². The third kappa shape index (κ3) is 5.45. The molecule has 1 aromatic heterocycles. The van der Waals surface area contributed by atoms with Gasteiger partial charge >= 0.3 is 5.97 Å². The number of furan rings is 1. The van der Waals surface area contributed by atoms with Crippen LogP contribution in [0.2, 0.25) is 5.02 Å². The SMILES string of the molecule is CN(c1ccc(F)cc1)S(=O)(=O)c1ccc(Cl)c(C(=O)OCC(=O)NCc2ccco2)c1. The standard InChI is InChI=1S/C21H18ClFN2O6S/c1-25(15-6-4-14(23)5-7-15)32(28,29)17-8-9-19(22)18(11-17)21(27)31-13-20(26)24-12-16-3-2-10-30-16/h2-11H,12-13H2,1H3,(H,24,26). The molecule has 0 aliphatic carbocycles. The summed E-state index contributed by atoms with van der Waals surface area (Å²) in [6.45, 7) is -0.476. The van der Waals surface area contributed by atoms with E-state index in [1.807, 2.05) is 0 Å². The molecule has 0 radical (unpaired) electrons. The Labute approximate surface area is 188 Å². The summed E-state index contributed by atoms with van der Waals surface area (Å²) in [7, 11) is -2.80. The summed E-state index contributed by atoms with van der Waals surface area (Å²) in [5, 5.41) is 2.46. The van der Waals surface area contributed by atoms with Gasteiger partial charge in [-0.2, -0.15) is 0 Å². The topological polar surface area (TPSA) is 106 Å². The number of carbonyl (C=O) groups excluding carboxylic acids is 2. The van der Waals surface area contributed by atoms with Gasteiger partial charge in [-0.25, -0.2) is 17.6 Å². The van der Waals surface area contributed by atoms with Crippen molar-refractivity contribution >= 4 is 39.2 Å². The maximum atomic E-state index is 13.1. The van der Waals surface area contributed by atoms with E-state index in [0.717, 1.165) is 22.5 Å². The van der Waals surface area contributed by atoms with Gasteiger partial charge in [-0.3, -0.25) is 9.10 Å². The maximum Gasteiger partial charge on any atom is 0.340 e. The number of carbonyl (C=O) groups is 2. The average molecular weight is 481 g/mol. The molecule has 0 unspecified atom stereocenters. The van der Waals surface area contributed by atoms with E-state index in [4.69, 9.17) is 20.8 Å². The summed E-state index contributed by atoms with van der Waals surface area (Å²) in [6.07, 6.45) is 1.46. The molecular weight excluding hydrogens is 463 g/mol. The van der Waals surface area contributed by atoms with Crippen molar-refractivity contribution in [2.75, 3.05) is 18.0 Å². The van der Waals surface area contributed by atoms with Gasteiger partial charge in [0.25, 0.3) is 15.9 Å². The van der Waals surface area contributed by atoms with E-state index < -0.39 is 34.3 Å². The number of nitrogens with zero attached hydrogens (tertiary/aromatic N) is 1. The molecule has 0 fully saturated rings. The molecule has 168 valence electrons. The summed E-state index contributed by atoms with van der Waals surface area (Å²) in [4.78, 5) is 24.0.